The summed E-state index contributed by atoms with van der Waals surface area (Å²) in [5, 5.41) is 1.49. The zero-order chi connectivity index (χ0) is 45.4. The molecular formula is C63H56Cl4Zr. The SMILES string of the molecule is CC(C)(c1ccccc1)c1cc2c(cc1-c1ccc(Cl)cc1)[CH]([Zr]([C]1=CC=CC1)=[C](Cc1ccccc1)Cc1ccccc1)c1cc(-c3ccc(Cl)cc3)c(C(C)(C)c3ccccc3)cc1-2.Cl.Cl. The van der Waals surface area contributed by atoms with Crippen LogP contribution in [-0.4, -0.2) is 3.21 Å². The van der Waals surface area contributed by atoms with Gasteiger partial charge in [0.25, 0.3) is 0 Å². The van der Waals surface area contributed by atoms with E-state index in [1.807, 2.05) is 24.3 Å². The van der Waals surface area contributed by atoms with E-state index in [4.69, 9.17) is 23.2 Å². The molecule has 68 heavy (non-hydrogen) atoms. The van der Waals surface area contributed by atoms with Gasteiger partial charge in [0.1, 0.15) is 0 Å². The number of hydrogen-bond donors (Lipinski definition) is 0. The first-order valence-corrected chi connectivity index (χ1v) is 27.9. The number of allylic oxidation sites excluding steroid dienone is 4. The average molecular weight is 1050 g/mol. The molecule has 0 saturated carbocycles. The Labute approximate surface area is 433 Å². The van der Waals surface area contributed by atoms with Gasteiger partial charge in [0.2, 0.25) is 0 Å². The zero-order valence-electron chi connectivity index (χ0n) is 39.0. The number of benzene rings is 8. The van der Waals surface area contributed by atoms with Crippen LogP contribution in [0.25, 0.3) is 33.4 Å². The fraction of sp³-hybridized carbons (Fsp3) is 0.159. The van der Waals surface area contributed by atoms with Crippen LogP contribution in [0.15, 0.2) is 216 Å². The molecule has 0 atom stereocenters. The smallest absolute Gasteiger partial charge is 0.147 e. The molecule has 0 saturated heterocycles. The van der Waals surface area contributed by atoms with Gasteiger partial charge >= 0.3 is 413 Å². The van der Waals surface area contributed by atoms with Crippen molar-refractivity contribution in [3.05, 3.63) is 270 Å². The molecule has 0 spiro atoms. The summed E-state index contributed by atoms with van der Waals surface area (Å²) in [4.78, 5) is 0. The van der Waals surface area contributed by atoms with Crippen molar-refractivity contribution >= 4 is 51.2 Å². The van der Waals surface area contributed by atoms with Gasteiger partial charge in [-0.2, -0.15) is 0 Å². The van der Waals surface area contributed by atoms with E-state index in [1.165, 1.54) is 77.9 Å². The van der Waals surface area contributed by atoms with Crippen molar-refractivity contribution in [2.45, 2.75) is 61.4 Å². The van der Waals surface area contributed by atoms with Gasteiger partial charge in [0, 0.05) is 0 Å². The number of fused-ring (bicyclic) bond motifs is 3. The molecule has 5 heteroatoms. The summed E-state index contributed by atoms with van der Waals surface area (Å²) < 4.78 is 3.61. The molecule has 2 aliphatic carbocycles. The summed E-state index contributed by atoms with van der Waals surface area (Å²) in [6.45, 7) is 9.58. The third kappa shape index (κ3) is 9.81. The van der Waals surface area contributed by atoms with Crippen molar-refractivity contribution in [2.75, 3.05) is 0 Å². The first-order valence-electron chi connectivity index (χ1n) is 23.2. The molecule has 2 aliphatic rings. The second-order valence-corrected chi connectivity index (χ2v) is 26.7. The Kier molecular flexibility index (Phi) is 15.3. The van der Waals surface area contributed by atoms with Crippen molar-refractivity contribution < 1.29 is 21.3 Å². The molecule has 0 fully saturated rings. The van der Waals surface area contributed by atoms with Crippen LogP contribution in [0.2, 0.25) is 10.0 Å². The van der Waals surface area contributed by atoms with E-state index in [0.29, 0.717) is 0 Å². The molecule has 0 heterocycles. The minimum atomic E-state index is -2.98. The molecule has 0 unspecified atom stereocenters. The molecule has 8 aromatic carbocycles. The largest absolute Gasteiger partial charge is 0.147 e. The number of hydrogen-bond acceptors (Lipinski definition) is 0. The van der Waals surface area contributed by atoms with Crippen LogP contribution >= 0.6 is 48.0 Å². The molecule has 0 bridgehead atoms. The second kappa shape index (κ2) is 21.0. The average Bonchev–Trinajstić information content (AvgIpc) is 3.99. The van der Waals surface area contributed by atoms with Crippen molar-refractivity contribution in [3.63, 3.8) is 0 Å². The second-order valence-electron chi connectivity index (χ2n) is 19.1. The summed E-state index contributed by atoms with van der Waals surface area (Å²) in [5.41, 5.74) is 17.9. The van der Waals surface area contributed by atoms with Gasteiger partial charge in [-0.05, 0) is 0 Å². The van der Waals surface area contributed by atoms with E-state index in [2.05, 4.69) is 216 Å². The maximum absolute atomic E-state index is 6.64. The van der Waals surface area contributed by atoms with Crippen LogP contribution in [0.5, 0.6) is 0 Å². The van der Waals surface area contributed by atoms with Gasteiger partial charge in [-0.1, -0.05) is 0 Å². The van der Waals surface area contributed by atoms with Crippen molar-refractivity contribution in [2.24, 2.45) is 0 Å². The molecule has 0 N–H and O–H groups in total. The topological polar surface area (TPSA) is 0 Å². The zero-order valence-corrected chi connectivity index (χ0v) is 44.6. The van der Waals surface area contributed by atoms with Crippen molar-refractivity contribution in [1.29, 1.82) is 0 Å². The maximum atomic E-state index is 6.64. The molecule has 0 amide bonds. The summed E-state index contributed by atoms with van der Waals surface area (Å²) >= 11 is 10.3. The van der Waals surface area contributed by atoms with Crippen molar-refractivity contribution in [1.82, 2.24) is 0 Å². The first kappa shape index (κ1) is 49.6. The fourth-order valence-corrected chi connectivity index (χ4v) is 20.1. The quantitative estimate of drug-likeness (QED) is 0.114. The fourth-order valence-electron chi connectivity index (χ4n) is 10.6. The molecule has 8 aromatic rings. The Morgan fingerprint density at radius 1 is 0.485 bits per heavy atom. The summed E-state index contributed by atoms with van der Waals surface area (Å²) in [7, 11) is 0. The molecule has 0 aliphatic heterocycles. The van der Waals surface area contributed by atoms with Crippen molar-refractivity contribution in [3.8, 4) is 33.4 Å². The third-order valence-electron chi connectivity index (χ3n) is 14.2. The van der Waals surface area contributed by atoms with E-state index in [-0.39, 0.29) is 39.3 Å². The van der Waals surface area contributed by atoms with Gasteiger partial charge < -0.3 is 0 Å². The van der Waals surface area contributed by atoms with Gasteiger partial charge in [-0.3, -0.25) is 0 Å². The van der Waals surface area contributed by atoms with Crippen LogP contribution in [0, 0.1) is 0 Å². The monoisotopic (exact) mass is 1040 g/mol. The van der Waals surface area contributed by atoms with Crippen LogP contribution in [-0.2, 0) is 44.9 Å². The first-order chi connectivity index (χ1) is 32.1. The van der Waals surface area contributed by atoms with Crippen LogP contribution < -0.4 is 0 Å². The van der Waals surface area contributed by atoms with Crippen LogP contribution in [0.3, 0.4) is 0 Å². The van der Waals surface area contributed by atoms with Crippen LogP contribution in [0.1, 0.15) is 82.2 Å². The Bertz CT molecular complexity index is 2940. The molecular weight excluding hydrogens is 990 g/mol. The standard InChI is InChI=1S/C43H35Cl2.C15H14.C5H5.2ClH.Zr/c1-42(2,32-11-7-5-8-12-32)40-26-36-30(24-38(40)28-15-19-34(44)20-16-28)23-31-25-39(29-17-21-35(45)22-18-29)41(27-37(31)36)43(3,4)33-13-9-6-10-14-33;1-3-8-14(9-4-1)12-7-13-15-10-5-2-6-11-15;1-2-4-5-3-1;;;/h5-27H,1-4H3;1-6,8-11H,12-13H2;1-3H,4H2;2*1H;. The summed E-state index contributed by atoms with van der Waals surface area (Å²) in [6, 6.07) is 72.0. The Hall–Kier alpha value is -4.85. The molecule has 0 radical (unpaired) electrons. The van der Waals surface area contributed by atoms with Gasteiger partial charge in [-0.15, -0.1) is 24.8 Å². The predicted octanol–water partition coefficient (Wildman–Crippen LogP) is 18.0. The number of rotatable bonds is 12. The maximum Gasteiger partial charge on any atom is -0.147 e. The van der Waals surface area contributed by atoms with Gasteiger partial charge in [0.05, 0.1) is 0 Å². The predicted molar refractivity (Wildman–Crippen MR) is 293 cm³/mol. The Morgan fingerprint density at radius 2 is 0.868 bits per heavy atom. The van der Waals surface area contributed by atoms with E-state index < -0.39 is 21.3 Å². The van der Waals surface area contributed by atoms with Gasteiger partial charge in [-0.25, -0.2) is 0 Å². The van der Waals surface area contributed by atoms with E-state index in [1.54, 1.807) is 6.49 Å². The minimum Gasteiger partial charge on any atom is -0.147 e. The molecule has 0 nitrogen and oxygen atoms in total. The Balaban J connectivity index is 0.00000312. The summed E-state index contributed by atoms with van der Waals surface area (Å²) in [5.74, 6) is 0. The molecule has 340 valence electrons. The van der Waals surface area contributed by atoms with E-state index in [9.17, 15) is 0 Å². The minimum absolute atomic E-state index is 0. The Morgan fingerprint density at radius 3 is 1.24 bits per heavy atom. The van der Waals surface area contributed by atoms with Gasteiger partial charge in [0.15, 0.2) is 0 Å². The molecule has 0 aromatic heterocycles. The van der Waals surface area contributed by atoms with Crippen LogP contribution in [0.4, 0.5) is 0 Å². The summed E-state index contributed by atoms with van der Waals surface area (Å²) in [6.07, 6.45) is 10.2. The van der Waals surface area contributed by atoms with E-state index >= 15 is 0 Å². The third-order valence-corrected chi connectivity index (χ3v) is 23.1. The molecule has 10 rings (SSSR count). The normalized spacial score (nSPS) is 12.9. The van der Waals surface area contributed by atoms with E-state index in [0.717, 1.165) is 29.3 Å². The number of halogens is 4.